The van der Waals surface area contributed by atoms with Crippen LogP contribution in [0.5, 0.6) is 5.75 Å². The lowest BCUT2D eigenvalue weighted by Gasteiger charge is -1.93. The van der Waals surface area contributed by atoms with Crippen LogP contribution in [0.2, 0.25) is 0 Å². The fourth-order valence-electron chi connectivity index (χ4n) is 0.993. The molecule has 0 unspecified atom stereocenters. The van der Waals surface area contributed by atoms with Crippen LogP contribution >= 0.6 is 0 Å². The number of hydrogen-bond donors (Lipinski definition) is 1. The van der Waals surface area contributed by atoms with Crippen molar-refractivity contribution >= 4 is 6.21 Å². The molecule has 1 N–H and O–H groups in total. The van der Waals surface area contributed by atoms with E-state index >= 15 is 0 Å². The fourth-order valence-corrected chi connectivity index (χ4v) is 0.993. The molecular formula is C9H8N4O. The van der Waals surface area contributed by atoms with Crippen LogP contribution in [-0.4, -0.2) is 26.2 Å². The predicted octanol–water partition coefficient (Wildman–Crippen LogP) is 0.866. The van der Waals surface area contributed by atoms with Crippen molar-refractivity contribution in [2.24, 2.45) is 5.10 Å². The number of rotatable bonds is 2. The molecule has 0 spiro atoms. The Kier molecular flexibility index (Phi) is 2.22. The van der Waals surface area contributed by atoms with E-state index in [1.165, 1.54) is 17.4 Å². The van der Waals surface area contributed by atoms with E-state index in [0.29, 0.717) is 0 Å². The van der Waals surface area contributed by atoms with Crippen molar-refractivity contribution in [2.45, 2.75) is 0 Å². The Morgan fingerprint density at radius 2 is 2.36 bits per heavy atom. The highest BCUT2D eigenvalue weighted by Crippen LogP contribution is 2.08. The van der Waals surface area contributed by atoms with Crippen LogP contribution in [0.15, 0.2) is 42.0 Å². The molecule has 0 atom stereocenters. The Morgan fingerprint density at radius 1 is 1.43 bits per heavy atom. The highest BCUT2D eigenvalue weighted by atomic mass is 16.3. The van der Waals surface area contributed by atoms with Crippen molar-refractivity contribution in [3.63, 3.8) is 0 Å². The number of nitrogens with zero attached hydrogens (tertiary/aromatic N) is 4. The maximum absolute atomic E-state index is 9.17. The normalized spacial score (nSPS) is 10.9. The average molecular weight is 188 g/mol. The van der Waals surface area contributed by atoms with Gasteiger partial charge in [0, 0.05) is 0 Å². The summed E-state index contributed by atoms with van der Waals surface area (Å²) in [4.78, 5) is 5.08. The molecule has 1 aromatic carbocycles. The van der Waals surface area contributed by atoms with E-state index in [-0.39, 0.29) is 5.75 Å². The largest absolute Gasteiger partial charge is 0.508 e. The molecule has 1 aromatic heterocycles. The zero-order valence-corrected chi connectivity index (χ0v) is 7.28. The molecule has 0 bridgehead atoms. The first-order chi connectivity index (χ1) is 6.84. The molecule has 1 heterocycles. The van der Waals surface area contributed by atoms with Gasteiger partial charge in [-0.25, -0.2) is 4.98 Å². The second kappa shape index (κ2) is 3.69. The molecule has 5 heteroatoms. The third kappa shape index (κ3) is 1.95. The highest BCUT2D eigenvalue weighted by Gasteiger charge is 1.90. The summed E-state index contributed by atoms with van der Waals surface area (Å²) in [6, 6.07) is 6.80. The minimum Gasteiger partial charge on any atom is -0.508 e. The summed E-state index contributed by atoms with van der Waals surface area (Å²) in [7, 11) is 0. The predicted molar refractivity (Wildman–Crippen MR) is 51.1 cm³/mol. The van der Waals surface area contributed by atoms with Crippen molar-refractivity contribution in [3.05, 3.63) is 42.5 Å². The summed E-state index contributed by atoms with van der Waals surface area (Å²) >= 11 is 0. The maximum Gasteiger partial charge on any atom is 0.139 e. The summed E-state index contributed by atoms with van der Waals surface area (Å²) in [5, 5.41) is 17.0. The van der Waals surface area contributed by atoms with Gasteiger partial charge in [-0.15, -0.1) is 9.89 Å². The lowest BCUT2D eigenvalue weighted by Crippen LogP contribution is -1.90. The number of phenolic OH excluding ortho intramolecular Hbond substituents is 1. The lowest BCUT2D eigenvalue weighted by molar-refractivity contribution is 0.475. The van der Waals surface area contributed by atoms with E-state index in [1.54, 1.807) is 24.4 Å². The number of hydrogen-bond acceptors (Lipinski definition) is 4. The Bertz CT molecular complexity index is 436. The summed E-state index contributed by atoms with van der Waals surface area (Å²) in [6.45, 7) is 0. The summed E-state index contributed by atoms with van der Waals surface area (Å²) in [6.07, 6.45) is 4.48. The van der Waals surface area contributed by atoms with Crippen molar-refractivity contribution in [1.29, 1.82) is 0 Å². The summed E-state index contributed by atoms with van der Waals surface area (Å²) < 4.78 is 0. The van der Waals surface area contributed by atoms with E-state index in [0.717, 1.165) is 5.56 Å². The topological polar surface area (TPSA) is 63.3 Å². The van der Waals surface area contributed by atoms with E-state index in [2.05, 4.69) is 15.2 Å². The number of aromatic nitrogens is 3. The van der Waals surface area contributed by atoms with Crippen molar-refractivity contribution in [1.82, 2.24) is 14.9 Å². The second-order valence-corrected chi connectivity index (χ2v) is 2.66. The average Bonchev–Trinajstić information content (AvgIpc) is 2.67. The van der Waals surface area contributed by atoms with Crippen LogP contribution in [0.4, 0.5) is 0 Å². The molecule has 2 aromatic rings. The van der Waals surface area contributed by atoms with Crippen molar-refractivity contribution in [2.75, 3.05) is 0 Å². The van der Waals surface area contributed by atoms with Gasteiger partial charge in [0.2, 0.25) is 0 Å². The van der Waals surface area contributed by atoms with Gasteiger partial charge < -0.3 is 5.11 Å². The molecular weight excluding hydrogens is 180 g/mol. The number of phenols is 1. The molecule has 0 aliphatic carbocycles. The van der Waals surface area contributed by atoms with Gasteiger partial charge >= 0.3 is 0 Å². The van der Waals surface area contributed by atoms with Crippen molar-refractivity contribution in [3.8, 4) is 5.75 Å². The summed E-state index contributed by atoms with van der Waals surface area (Å²) in [5.41, 5.74) is 0.806. The third-order valence-electron chi connectivity index (χ3n) is 1.60. The van der Waals surface area contributed by atoms with Crippen LogP contribution in [0.25, 0.3) is 0 Å². The minimum absolute atomic E-state index is 0.215. The molecule has 2 rings (SSSR count). The van der Waals surface area contributed by atoms with Crippen molar-refractivity contribution < 1.29 is 5.11 Å². The van der Waals surface area contributed by atoms with Crippen LogP contribution in [-0.2, 0) is 0 Å². The molecule has 70 valence electrons. The minimum atomic E-state index is 0.215. The van der Waals surface area contributed by atoms with Crippen LogP contribution in [0.1, 0.15) is 5.56 Å². The Labute approximate surface area is 80.3 Å². The molecule has 0 saturated carbocycles. The monoisotopic (exact) mass is 188 g/mol. The standard InChI is InChI=1S/C9H8N4O/c14-9-3-1-2-8(4-9)5-11-13-7-10-6-12-13/h1-7,14H/b11-5-. The zero-order valence-electron chi connectivity index (χ0n) is 7.28. The molecule has 0 radical (unpaired) electrons. The number of benzene rings is 1. The SMILES string of the molecule is Oc1cccc(/C=N\n2cncn2)c1. The highest BCUT2D eigenvalue weighted by molar-refractivity contribution is 5.79. The Balaban J connectivity index is 2.18. The molecule has 5 nitrogen and oxygen atoms in total. The fraction of sp³-hybridized carbons (Fsp3) is 0. The van der Waals surface area contributed by atoms with Gasteiger partial charge in [-0.3, -0.25) is 0 Å². The van der Waals surface area contributed by atoms with Crippen LogP contribution < -0.4 is 0 Å². The van der Waals surface area contributed by atoms with Gasteiger partial charge in [-0.1, -0.05) is 12.1 Å². The Hall–Kier alpha value is -2.17. The lowest BCUT2D eigenvalue weighted by atomic mass is 10.2. The van der Waals surface area contributed by atoms with Crippen LogP contribution in [0, 0.1) is 0 Å². The molecule has 0 aliphatic rings. The molecule has 14 heavy (non-hydrogen) atoms. The van der Waals surface area contributed by atoms with Gasteiger partial charge in [0.05, 0.1) is 6.21 Å². The van der Waals surface area contributed by atoms with Gasteiger partial charge in [-0.05, 0) is 17.7 Å². The molecule has 0 amide bonds. The summed E-state index contributed by atoms with van der Waals surface area (Å²) in [5.74, 6) is 0.215. The van der Waals surface area contributed by atoms with Gasteiger partial charge in [0.1, 0.15) is 18.4 Å². The first-order valence-corrected chi connectivity index (χ1v) is 4.02. The first kappa shape index (κ1) is 8.43. The number of aromatic hydroxyl groups is 1. The first-order valence-electron chi connectivity index (χ1n) is 4.02. The maximum atomic E-state index is 9.17. The van der Waals surface area contributed by atoms with E-state index < -0.39 is 0 Å². The zero-order chi connectivity index (χ0) is 9.80. The smallest absolute Gasteiger partial charge is 0.139 e. The van der Waals surface area contributed by atoms with E-state index in [9.17, 15) is 5.11 Å². The molecule has 0 fully saturated rings. The van der Waals surface area contributed by atoms with Crippen LogP contribution in [0.3, 0.4) is 0 Å². The molecule has 0 saturated heterocycles. The third-order valence-corrected chi connectivity index (χ3v) is 1.60. The van der Waals surface area contributed by atoms with Gasteiger partial charge in [0.15, 0.2) is 0 Å². The van der Waals surface area contributed by atoms with E-state index in [1.807, 2.05) is 6.07 Å². The van der Waals surface area contributed by atoms with Gasteiger partial charge in [0.25, 0.3) is 0 Å². The Morgan fingerprint density at radius 3 is 3.07 bits per heavy atom. The van der Waals surface area contributed by atoms with E-state index in [4.69, 9.17) is 0 Å². The molecule has 0 aliphatic heterocycles. The second-order valence-electron chi connectivity index (χ2n) is 2.66. The van der Waals surface area contributed by atoms with Gasteiger partial charge in [-0.2, -0.15) is 5.10 Å². The quantitative estimate of drug-likeness (QED) is 0.711.